The van der Waals surface area contributed by atoms with E-state index in [9.17, 15) is 5.26 Å². The van der Waals surface area contributed by atoms with Crippen LogP contribution in [0.4, 0.5) is 0 Å². The van der Waals surface area contributed by atoms with Gasteiger partial charge in [-0.25, -0.2) is 0 Å². The van der Waals surface area contributed by atoms with Gasteiger partial charge in [0.15, 0.2) is 0 Å². The maximum atomic E-state index is 9.45. The van der Waals surface area contributed by atoms with Crippen LogP contribution in [-0.2, 0) is 0 Å². The van der Waals surface area contributed by atoms with Crippen LogP contribution >= 0.6 is 0 Å². The van der Waals surface area contributed by atoms with E-state index in [0.29, 0.717) is 5.56 Å². The Hall–Kier alpha value is -2.38. The van der Waals surface area contributed by atoms with Gasteiger partial charge in [-0.1, -0.05) is 0 Å². The van der Waals surface area contributed by atoms with Crippen molar-refractivity contribution < 1.29 is 0 Å². The predicted molar refractivity (Wildman–Crippen MR) is 108 cm³/mol. The van der Waals surface area contributed by atoms with E-state index in [-0.39, 0.29) is 0 Å². The Kier molecular flexibility index (Phi) is 4.78. The normalized spacial score (nSPS) is 11.2. The summed E-state index contributed by atoms with van der Waals surface area (Å²) < 4.78 is 1.45. The molecular weight excluding hydrogens is 365 g/mol. The van der Waals surface area contributed by atoms with E-state index in [4.69, 9.17) is 4.98 Å². The van der Waals surface area contributed by atoms with Crippen molar-refractivity contribution in [1.82, 2.24) is 4.98 Å². The van der Waals surface area contributed by atoms with Crippen LogP contribution in [0.5, 0.6) is 0 Å². The summed E-state index contributed by atoms with van der Waals surface area (Å²) in [6, 6.07) is 20.5. The van der Waals surface area contributed by atoms with E-state index in [0.717, 1.165) is 22.4 Å². The summed E-state index contributed by atoms with van der Waals surface area (Å²) in [5, 5.41) is 9.45. The number of hydrogen-bond acceptors (Lipinski definition) is 2. The van der Waals surface area contributed by atoms with Crippen molar-refractivity contribution in [3.63, 3.8) is 0 Å². The van der Waals surface area contributed by atoms with Gasteiger partial charge in [-0.05, 0) is 0 Å². The number of nitriles is 1. The van der Waals surface area contributed by atoms with E-state index in [1.807, 2.05) is 42.5 Å². The Morgan fingerprint density at radius 1 is 0.920 bits per heavy atom. The van der Waals surface area contributed by atoms with Crippen molar-refractivity contribution in [2.45, 2.75) is 24.2 Å². The van der Waals surface area contributed by atoms with Crippen LogP contribution in [0.1, 0.15) is 11.1 Å². The first-order chi connectivity index (χ1) is 11.9. The van der Waals surface area contributed by atoms with Gasteiger partial charge in [-0.3, -0.25) is 0 Å². The van der Waals surface area contributed by atoms with Crippen molar-refractivity contribution in [2.75, 3.05) is 0 Å². The van der Waals surface area contributed by atoms with Crippen LogP contribution in [0, 0.1) is 18.3 Å². The van der Waals surface area contributed by atoms with Gasteiger partial charge in [0.25, 0.3) is 0 Å². The van der Waals surface area contributed by atoms with Gasteiger partial charge in [0, 0.05) is 0 Å². The summed E-state index contributed by atoms with van der Waals surface area (Å²) >= 11 is -1.90. The van der Waals surface area contributed by atoms with Gasteiger partial charge in [-0.2, -0.15) is 0 Å². The number of benzene rings is 2. The molecule has 1 aromatic heterocycles. The van der Waals surface area contributed by atoms with Crippen LogP contribution in [0.15, 0.2) is 60.8 Å². The monoisotopic (exact) mass is 388 g/mol. The average Bonchev–Trinajstić information content (AvgIpc) is 2.60. The van der Waals surface area contributed by atoms with Crippen LogP contribution < -0.4 is 4.40 Å². The Bertz CT molecular complexity index is 948. The summed E-state index contributed by atoms with van der Waals surface area (Å²) in [6.45, 7) is 2.18. The molecule has 0 saturated carbocycles. The zero-order valence-corrected chi connectivity index (χ0v) is 17.3. The minimum atomic E-state index is -1.90. The molecule has 3 rings (SSSR count). The fourth-order valence-electron chi connectivity index (χ4n) is 3.16. The molecule has 0 amide bonds. The van der Waals surface area contributed by atoms with Crippen molar-refractivity contribution >= 4 is 17.7 Å². The molecule has 2 aromatic carbocycles. The van der Waals surface area contributed by atoms with Crippen molar-refractivity contribution in [3.8, 4) is 28.5 Å². The van der Waals surface area contributed by atoms with E-state index in [1.54, 1.807) is 0 Å². The quantitative estimate of drug-likeness (QED) is 0.584. The Morgan fingerprint density at radius 2 is 1.64 bits per heavy atom. The molecule has 0 aliphatic heterocycles. The van der Waals surface area contributed by atoms with Crippen molar-refractivity contribution in [1.29, 1.82) is 5.26 Å². The number of hydrogen-bond donors (Lipinski definition) is 0. The molecule has 124 valence electrons. The molecule has 0 unspecified atom stereocenters. The molecular formula is C22H22GeN2. The first-order valence-electron chi connectivity index (χ1n) is 8.47. The van der Waals surface area contributed by atoms with Gasteiger partial charge < -0.3 is 0 Å². The number of rotatable bonds is 3. The fraction of sp³-hybridized carbons (Fsp3) is 0.182. The molecule has 0 aliphatic carbocycles. The van der Waals surface area contributed by atoms with Gasteiger partial charge in [0.2, 0.25) is 0 Å². The third kappa shape index (κ3) is 3.67. The summed E-state index contributed by atoms with van der Waals surface area (Å²) in [4.78, 5) is 4.73. The van der Waals surface area contributed by atoms with Gasteiger partial charge >= 0.3 is 152 Å². The van der Waals surface area contributed by atoms with E-state index >= 15 is 0 Å². The second-order valence-electron chi connectivity index (χ2n) is 7.37. The SMILES string of the molecule is Cc1cc(-c2ccc(C#N)c(-c3ccccc3)c2)nc[c]1[Ge]([CH3])([CH3])[CH3]. The van der Waals surface area contributed by atoms with Gasteiger partial charge in [-0.15, -0.1) is 0 Å². The Labute approximate surface area is 152 Å². The second-order valence-corrected chi connectivity index (χ2v) is 17.9. The zero-order chi connectivity index (χ0) is 18.0. The van der Waals surface area contributed by atoms with E-state index in [1.165, 1.54) is 9.96 Å². The molecule has 3 heteroatoms. The zero-order valence-electron chi connectivity index (χ0n) is 15.2. The summed E-state index contributed by atoms with van der Waals surface area (Å²) in [5.74, 6) is 7.16. The standard InChI is InChI=1S/C22H22GeN2/c1-16-12-22(25-15-21(16)23(2,3)4)18-10-11-19(14-24)20(13-18)17-8-6-5-7-9-17/h5-13,15H,1-4H3. The van der Waals surface area contributed by atoms with Crippen LogP contribution in [0.2, 0.25) is 17.3 Å². The molecule has 3 aromatic rings. The third-order valence-electron chi connectivity index (χ3n) is 4.44. The minimum absolute atomic E-state index is 0.688. The molecule has 0 fully saturated rings. The molecule has 1 heterocycles. The van der Waals surface area contributed by atoms with Gasteiger partial charge in [0.1, 0.15) is 0 Å². The predicted octanol–water partition coefficient (Wildman–Crippen LogP) is 5.14. The fourth-order valence-corrected chi connectivity index (χ4v) is 6.74. The van der Waals surface area contributed by atoms with Crippen molar-refractivity contribution in [3.05, 3.63) is 71.9 Å². The first-order valence-corrected chi connectivity index (χ1v) is 15.8. The molecule has 0 spiro atoms. The van der Waals surface area contributed by atoms with E-state index in [2.05, 4.69) is 48.6 Å². The molecule has 0 saturated heterocycles. The summed E-state index contributed by atoms with van der Waals surface area (Å²) in [5.41, 5.74) is 6.04. The maximum absolute atomic E-state index is 9.45. The van der Waals surface area contributed by atoms with Crippen molar-refractivity contribution in [2.24, 2.45) is 0 Å². The van der Waals surface area contributed by atoms with Crippen LogP contribution in [0.25, 0.3) is 22.4 Å². The molecule has 2 nitrogen and oxygen atoms in total. The number of pyridine rings is 1. The number of aryl methyl sites for hydroxylation is 1. The van der Waals surface area contributed by atoms with Crippen LogP contribution in [0.3, 0.4) is 0 Å². The topological polar surface area (TPSA) is 36.7 Å². The van der Waals surface area contributed by atoms with E-state index < -0.39 is 13.3 Å². The number of nitrogens with zero attached hydrogens (tertiary/aromatic N) is 2. The first kappa shape index (κ1) is 17.4. The number of aromatic nitrogens is 1. The molecule has 0 radical (unpaired) electrons. The molecule has 0 N–H and O–H groups in total. The molecule has 0 atom stereocenters. The molecule has 25 heavy (non-hydrogen) atoms. The summed E-state index contributed by atoms with van der Waals surface area (Å²) in [7, 11) is 0. The van der Waals surface area contributed by atoms with Crippen LogP contribution in [-0.4, -0.2) is 18.3 Å². The summed E-state index contributed by atoms with van der Waals surface area (Å²) in [6.07, 6.45) is 2.06. The molecule has 0 aliphatic rings. The third-order valence-corrected chi connectivity index (χ3v) is 8.93. The Balaban J connectivity index is 2.11. The van der Waals surface area contributed by atoms with Gasteiger partial charge in [0.05, 0.1) is 0 Å². The Morgan fingerprint density at radius 3 is 2.24 bits per heavy atom. The average molecular weight is 387 g/mol. The second kappa shape index (κ2) is 6.86. The molecule has 0 bridgehead atoms.